The third kappa shape index (κ3) is 3.93. The Bertz CT molecular complexity index is 705. The van der Waals surface area contributed by atoms with Gasteiger partial charge in [0.15, 0.2) is 0 Å². The summed E-state index contributed by atoms with van der Waals surface area (Å²) in [6, 6.07) is 10.9. The van der Waals surface area contributed by atoms with Crippen molar-refractivity contribution in [3.8, 4) is 23.0 Å². The lowest BCUT2D eigenvalue weighted by Gasteiger charge is -2.21. The number of ether oxygens (including phenoxy) is 4. The van der Waals surface area contributed by atoms with Gasteiger partial charge in [0.2, 0.25) is 0 Å². The summed E-state index contributed by atoms with van der Waals surface area (Å²) >= 11 is 0. The second-order valence-corrected chi connectivity index (χ2v) is 6.06. The van der Waals surface area contributed by atoms with Gasteiger partial charge in [-0.3, -0.25) is 4.79 Å². The number of hydrogen-bond donors (Lipinski definition) is 0. The molecule has 0 fully saturated rings. The van der Waals surface area contributed by atoms with Gasteiger partial charge in [0.1, 0.15) is 28.8 Å². The monoisotopic (exact) mass is 358 g/mol. The summed E-state index contributed by atoms with van der Waals surface area (Å²) in [5, 5.41) is 0. The standard InChI is InChI=1S/C21H26O5/c1-13(17-11-15(23-3)7-9-19(17)25-5)21(22)14(2)18-12-16(24-4)8-10-20(18)26-6/h7-14H,1-6H3. The van der Waals surface area contributed by atoms with Gasteiger partial charge in [-0.05, 0) is 36.4 Å². The molecule has 5 heteroatoms. The maximum atomic E-state index is 13.2. The molecule has 0 aliphatic rings. The molecule has 0 aromatic heterocycles. The summed E-state index contributed by atoms with van der Waals surface area (Å²) in [5.74, 6) is 2.02. The number of carbonyl (C=O) groups is 1. The Hall–Kier alpha value is -2.69. The van der Waals surface area contributed by atoms with Crippen molar-refractivity contribution < 1.29 is 23.7 Å². The fraction of sp³-hybridized carbons (Fsp3) is 0.381. The average molecular weight is 358 g/mol. The van der Waals surface area contributed by atoms with Crippen molar-refractivity contribution in [1.82, 2.24) is 0 Å². The van der Waals surface area contributed by atoms with Crippen molar-refractivity contribution in [3.63, 3.8) is 0 Å². The van der Waals surface area contributed by atoms with Gasteiger partial charge in [-0.1, -0.05) is 13.8 Å². The molecular weight excluding hydrogens is 332 g/mol. The van der Waals surface area contributed by atoms with E-state index in [0.717, 1.165) is 11.1 Å². The minimum Gasteiger partial charge on any atom is -0.497 e. The van der Waals surface area contributed by atoms with Crippen molar-refractivity contribution in [1.29, 1.82) is 0 Å². The fourth-order valence-electron chi connectivity index (χ4n) is 3.04. The molecule has 0 aliphatic heterocycles. The van der Waals surface area contributed by atoms with E-state index < -0.39 is 0 Å². The Morgan fingerprint density at radius 2 is 1.08 bits per heavy atom. The fourth-order valence-corrected chi connectivity index (χ4v) is 3.04. The van der Waals surface area contributed by atoms with E-state index in [0.29, 0.717) is 23.0 Å². The number of Topliss-reactive ketones (excluding diaryl/α,β-unsaturated/α-hetero) is 1. The van der Waals surface area contributed by atoms with Crippen LogP contribution in [0.25, 0.3) is 0 Å². The first-order valence-electron chi connectivity index (χ1n) is 8.44. The second kappa shape index (κ2) is 8.61. The van der Waals surface area contributed by atoms with E-state index in [1.807, 2.05) is 50.2 Å². The minimum atomic E-state index is -0.369. The molecule has 0 saturated carbocycles. The van der Waals surface area contributed by atoms with E-state index >= 15 is 0 Å². The van der Waals surface area contributed by atoms with Crippen LogP contribution in [0.5, 0.6) is 23.0 Å². The second-order valence-electron chi connectivity index (χ2n) is 6.06. The maximum Gasteiger partial charge on any atom is 0.147 e. The number of methoxy groups -OCH3 is 4. The van der Waals surface area contributed by atoms with Gasteiger partial charge in [0, 0.05) is 23.0 Å². The smallest absolute Gasteiger partial charge is 0.147 e. The Morgan fingerprint density at radius 1 is 0.692 bits per heavy atom. The van der Waals surface area contributed by atoms with Gasteiger partial charge in [0.25, 0.3) is 0 Å². The highest BCUT2D eigenvalue weighted by Crippen LogP contribution is 2.37. The van der Waals surface area contributed by atoms with Crippen molar-refractivity contribution in [3.05, 3.63) is 47.5 Å². The Morgan fingerprint density at radius 3 is 1.38 bits per heavy atom. The Balaban J connectivity index is 2.39. The topological polar surface area (TPSA) is 54.0 Å². The highest BCUT2D eigenvalue weighted by atomic mass is 16.5. The summed E-state index contributed by atoms with van der Waals surface area (Å²) < 4.78 is 21.4. The Kier molecular flexibility index (Phi) is 6.50. The number of carbonyl (C=O) groups excluding carboxylic acids is 1. The lowest BCUT2D eigenvalue weighted by molar-refractivity contribution is -0.121. The molecule has 0 N–H and O–H groups in total. The number of ketones is 1. The molecule has 140 valence electrons. The maximum absolute atomic E-state index is 13.2. The van der Waals surface area contributed by atoms with Crippen LogP contribution in [0.3, 0.4) is 0 Å². The number of rotatable bonds is 8. The zero-order valence-electron chi connectivity index (χ0n) is 16.2. The van der Waals surface area contributed by atoms with E-state index in [-0.39, 0.29) is 17.6 Å². The summed E-state index contributed by atoms with van der Waals surface area (Å²) in [4.78, 5) is 13.2. The van der Waals surface area contributed by atoms with Gasteiger partial charge in [-0.2, -0.15) is 0 Å². The molecule has 0 spiro atoms. The first-order chi connectivity index (χ1) is 12.5. The molecule has 2 aromatic rings. The molecule has 2 unspecified atom stereocenters. The molecular formula is C21H26O5. The summed E-state index contributed by atoms with van der Waals surface area (Å²) in [6.45, 7) is 3.76. The molecule has 0 bridgehead atoms. The van der Waals surface area contributed by atoms with E-state index in [9.17, 15) is 4.79 Å². The van der Waals surface area contributed by atoms with E-state index in [1.54, 1.807) is 28.4 Å². The van der Waals surface area contributed by atoms with E-state index in [2.05, 4.69) is 0 Å². The van der Waals surface area contributed by atoms with Crippen molar-refractivity contribution in [2.75, 3.05) is 28.4 Å². The minimum absolute atomic E-state index is 0.0584. The predicted molar refractivity (Wildman–Crippen MR) is 101 cm³/mol. The van der Waals surface area contributed by atoms with Gasteiger partial charge in [-0.25, -0.2) is 0 Å². The average Bonchev–Trinajstić information content (AvgIpc) is 2.70. The first kappa shape index (κ1) is 19.6. The molecule has 2 aromatic carbocycles. The van der Waals surface area contributed by atoms with Crippen LogP contribution in [0.1, 0.15) is 36.8 Å². The zero-order chi connectivity index (χ0) is 19.3. The van der Waals surface area contributed by atoms with Crippen LogP contribution >= 0.6 is 0 Å². The van der Waals surface area contributed by atoms with Crippen LogP contribution in [0.15, 0.2) is 36.4 Å². The van der Waals surface area contributed by atoms with Crippen LogP contribution in [0, 0.1) is 0 Å². The van der Waals surface area contributed by atoms with Crippen LogP contribution in [-0.2, 0) is 4.79 Å². The predicted octanol–water partition coefficient (Wildman–Crippen LogP) is 4.20. The molecule has 0 aliphatic carbocycles. The zero-order valence-corrected chi connectivity index (χ0v) is 16.2. The molecule has 2 rings (SSSR count). The third-order valence-corrected chi connectivity index (χ3v) is 4.66. The van der Waals surface area contributed by atoms with Crippen molar-refractivity contribution in [2.24, 2.45) is 0 Å². The van der Waals surface area contributed by atoms with E-state index in [1.165, 1.54) is 0 Å². The van der Waals surface area contributed by atoms with Gasteiger partial charge in [0.05, 0.1) is 28.4 Å². The molecule has 2 atom stereocenters. The van der Waals surface area contributed by atoms with Gasteiger partial charge >= 0.3 is 0 Å². The van der Waals surface area contributed by atoms with Crippen LogP contribution < -0.4 is 18.9 Å². The Labute approximate surface area is 154 Å². The quantitative estimate of drug-likeness (QED) is 0.708. The van der Waals surface area contributed by atoms with Crippen molar-refractivity contribution in [2.45, 2.75) is 25.7 Å². The largest absolute Gasteiger partial charge is 0.497 e. The molecule has 5 nitrogen and oxygen atoms in total. The summed E-state index contributed by atoms with van der Waals surface area (Å²) in [6.07, 6.45) is 0. The summed E-state index contributed by atoms with van der Waals surface area (Å²) in [5.41, 5.74) is 1.59. The molecule has 26 heavy (non-hydrogen) atoms. The molecule has 0 radical (unpaired) electrons. The number of benzene rings is 2. The number of hydrogen-bond acceptors (Lipinski definition) is 5. The van der Waals surface area contributed by atoms with Gasteiger partial charge in [-0.15, -0.1) is 0 Å². The van der Waals surface area contributed by atoms with E-state index in [4.69, 9.17) is 18.9 Å². The molecule has 0 amide bonds. The molecule has 0 saturated heterocycles. The first-order valence-corrected chi connectivity index (χ1v) is 8.44. The lowest BCUT2D eigenvalue weighted by Crippen LogP contribution is -2.18. The SMILES string of the molecule is COc1ccc(OC)c(C(C)C(=O)C(C)c2cc(OC)ccc2OC)c1. The van der Waals surface area contributed by atoms with Crippen molar-refractivity contribution >= 4 is 5.78 Å². The normalized spacial score (nSPS) is 12.8. The highest BCUT2D eigenvalue weighted by Gasteiger charge is 2.27. The third-order valence-electron chi connectivity index (χ3n) is 4.66. The highest BCUT2D eigenvalue weighted by molar-refractivity contribution is 5.92. The lowest BCUT2D eigenvalue weighted by atomic mass is 9.85. The summed E-state index contributed by atoms with van der Waals surface area (Å²) in [7, 11) is 6.39. The molecule has 0 heterocycles. The van der Waals surface area contributed by atoms with Crippen LogP contribution in [0.2, 0.25) is 0 Å². The van der Waals surface area contributed by atoms with Gasteiger partial charge < -0.3 is 18.9 Å². The van der Waals surface area contributed by atoms with Crippen LogP contribution in [0.4, 0.5) is 0 Å². The van der Waals surface area contributed by atoms with Crippen LogP contribution in [-0.4, -0.2) is 34.2 Å².